The number of aliphatic carboxylic acids is 1. The number of rotatable bonds is 6. The second-order valence-electron chi connectivity index (χ2n) is 9.01. The van der Waals surface area contributed by atoms with Crippen molar-refractivity contribution in [2.24, 2.45) is 11.3 Å². The van der Waals surface area contributed by atoms with Gasteiger partial charge < -0.3 is 20.1 Å². The molecule has 2 aromatic rings. The Morgan fingerprint density at radius 2 is 1.75 bits per heavy atom. The zero-order valence-corrected chi connectivity index (χ0v) is 17.9. The van der Waals surface area contributed by atoms with Gasteiger partial charge in [0.1, 0.15) is 12.6 Å². The summed E-state index contributed by atoms with van der Waals surface area (Å²) in [5.41, 5.74) is 3.77. The molecule has 1 heterocycles. The number of likely N-dealkylation sites (tertiary alicyclic amines) is 1. The van der Waals surface area contributed by atoms with Gasteiger partial charge in [-0.05, 0) is 41.0 Å². The summed E-state index contributed by atoms with van der Waals surface area (Å²) in [5, 5.41) is 12.1. The van der Waals surface area contributed by atoms with Crippen LogP contribution in [0.3, 0.4) is 0 Å². The number of carboxylic acids is 1. The van der Waals surface area contributed by atoms with Crippen molar-refractivity contribution in [1.29, 1.82) is 0 Å². The van der Waals surface area contributed by atoms with Crippen molar-refractivity contribution in [2.75, 3.05) is 19.7 Å². The molecule has 32 heavy (non-hydrogen) atoms. The first-order chi connectivity index (χ1) is 15.4. The van der Waals surface area contributed by atoms with Crippen LogP contribution in [-0.2, 0) is 14.3 Å². The molecule has 2 unspecified atom stereocenters. The number of hydrogen-bond acceptors (Lipinski definition) is 4. The van der Waals surface area contributed by atoms with Crippen molar-refractivity contribution in [1.82, 2.24) is 10.2 Å². The van der Waals surface area contributed by atoms with E-state index in [-0.39, 0.29) is 30.9 Å². The van der Waals surface area contributed by atoms with Crippen LogP contribution in [0.15, 0.2) is 48.5 Å². The second kappa shape index (κ2) is 7.65. The van der Waals surface area contributed by atoms with Gasteiger partial charge in [0.05, 0.1) is 5.41 Å². The molecule has 2 N–H and O–H groups in total. The lowest BCUT2D eigenvalue weighted by atomic mass is 9.98. The molecule has 2 fully saturated rings. The SMILES string of the molecule is CC[C@H](NC(=O)OCC1c2ccccc2-c2ccccc21)C(=O)N1CC2CC2(C(=O)O)C1. The predicted molar refractivity (Wildman–Crippen MR) is 117 cm³/mol. The molecule has 3 aliphatic rings. The Bertz CT molecular complexity index is 1050. The molecule has 1 aliphatic heterocycles. The van der Waals surface area contributed by atoms with E-state index >= 15 is 0 Å². The van der Waals surface area contributed by atoms with Crippen LogP contribution in [0.5, 0.6) is 0 Å². The summed E-state index contributed by atoms with van der Waals surface area (Å²) < 4.78 is 5.56. The molecule has 2 aromatic carbocycles. The van der Waals surface area contributed by atoms with Crippen molar-refractivity contribution in [3.05, 3.63) is 59.7 Å². The number of nitrogens with zero attached hydrogens (tertiary/aromatic N) is 1. The Balaban J connectivity index is 1.21. The Labute approximate surface area is 186 Å². The van der Waals surface area contributed by atoms with Crippen LogP contribution in [0.2, 0.25) is 0 Å². The fourth-order valence-electron chi connectivity index (χ4n) is 5.32. The molecule has 3 atom stereocenters. The largest absolute Gasteiger partial charge is 0.481 e. The minimum atomic E-state index is -0.838. The highest BCUT2D eigenvalue weighted by molar-refractivity contribution is 5.88. The summed E-state index contributed by atoms with van der Waals surface area (Å²) in [7, 11) is 0. The van der Waals surface area contributed by atoms with E-state index in [1.807, 2.05) is 31.2 Å². The fourth-order valence-corrected chi connectivity index (χ4v) is 5.32. The first kappa shape index (κ1) is 20.5. The van der Waals surface area contributed by atoms with Gasteiger partial charge in [-0.1, -0.05) is 55.5 Å². The summed E-state index contributed by atoms with van der Waals surface area (Å²) in [5.74, 6) is -1.11. The molecule has 166 valence electrons. The third-order valence-corrected chi connectivity index (χ3v) is 7.23. The minimum Gasteiger partial charge on any atom is -0.481 e. The molecule has 5 rings (SSSR count). The van der Waals surface area contributed by atoms with Crippen LogP contribution in [-0.4, -0.2) is 53.7 Å². The maximum absolute atomic E-state index is 12.9. The zero-order chi connectivity index (χ0) is 22.5. The highest BCUT2D eigenvalue weighted by Gasteiger charge is 2.66. The van der Waals surface area contributed by atoms with Gasteiger partial charge in [-0.25, -0.2) is 4.79 Å². The van der Waals surface area contributed by atoms with Gasteiger partial charge in [0, 0.05) is 19.0 Å². The summed E-state index contributed by atoms with van der Waals surface area (Å²) in [6, 6.07) is 15.5. The summed E-state index contributed by atoms with van der Waals surface area (Å²) in [4.78, 5) is 38.5. The fraction of sp³-hybridized carbons (Fsp3) is 0.400. The first-order valence-electron chi connectivity index (χ1n) is 11.1. The van der Waals surface area contributed by atoms with Crippen LogP contribution in [0.4, 0.5) is 4.79 Å². The number of carboxylic acid groups (broad SMARTS) is 1. The molecule has 0 spiro atoms. The van der Waals surface area contributed by atoms with Gasteiger partial charge in [-0.2, -0.15) is 0 Å². The topological polar surface area (TPSA) is 95.9 Å². The molecule has 2 amide bonds. The van der Waals surface area contributed by atoms with E-state index in [1.165, 1.54) is 0 Å². The van der Waals surface area contributed by atoms with Crippen molar-refractivity contribution in [3.63, 3.8) is 0 Å². The molecule has 1 saturated heterocycles. The predicted octanol–water partition coefficient (Wildman–Crippen LogP) is 3.24. The maximum Gasteiger partial charge on any atom is 0.407 e. The highest BCUT2D eigenvalue weighted by Crippen LogP contribution is 2.58. The molecule has 1 saturated carbocycles. The second-order valence-corrected chi connectivity index (χ2v) is 9.01. The maximum atomic E-state index is 12.9. The summed E-state index contributed by atoms with van der Waals surface area (Å²) >= 11 is 0. The van der Waals surface area contributed by atoms with E-state index in [0.29, 0.717) is 19.4 Å². The zero-order valence-electron chi connectivity index (χ0n) is 17.9. The minimum absolute atomic E-state index is 0.0240. The van der Waals surface area contributed by atoms with Crippen molar-refractivity contribution >= 4 is 18.0 Å². The molecular formula is C25H26N2O5. The molecule has 7 heteroatoms. The van der Waals surface area contributed by atoms with Gasteiger partial charge in [0.25, 0.3) is 0 Å². The van der Waals surface area contributed by atoms with Gasteiger partial charge in [0.2, 0.25) is 5.91 Å². The van der Waals surface area contributed by atoms with E-state index in [1.54, 1.807) is 4.90 Å². The molecule has 2 aliphatic carbocycles. The Kier molecular flexibility index (Phi) is 4.92. The van der Waals surface area contributed by atoms with Crippen LogP contribution < -0.4 is 5.32 Å². The van der Waals surface area contributed by atoms with Crippen LogP contribution in [0.1, 0.15) is 36.8 Å². The van der Waals surface area contributed by atoms with Crippen molar-refractivity contribution in [2.45, 2.75) is 31.7 Å². The van der Waals surface area contributed by atoms with Gasteiger partial charge in [0.15, 0.2) is 0 Å². The average Bonchev–Trinajstić information content (AvgIpc) is 3.23. The Hall–Kier alpha value is -3.35. The lowest BCUT2D eigenvalue weighted by Crippen LogP contribution is -2.49. The molecule has 0 bridgehead atoms. The lowest BCUT2D eigenvalue weighted by Gasteiger charge is -2.25. The Morgan fingerprint density at radius 1 is 1.12 bits per heavy atom. The van der Waals surface area contributed by atoms with Crippen LogP contribution in [0, 0.1) is 11.3 Å². The molecule has 0 aromatic heterocycles. The first-order valence-corrected chi connectivity index (χ1v) is 11.1. The number of benzene rings is 2. The standard InChI is InChI=1S/C25H26N2O5/c1-2-21(22(28)27-12-15-11-25(15,14-27)23(29)30)26-24(31)32-13-20-18-9-5-3-7-16(18)17-8-4-6-10-19(17)20/h3-10,15,20-21H,2,11-14H2,1H3,(H,26,31)(H,29,30)/t15?,21-,25?/m0/s1. The van der Waals surface area contributed by atoms with Crippen LogP contribution >= 0.6 is 0 Å². The lowest BCUT2D eigenvalue weighted by molar-refractivity contribution is -0.144. The monoisotopic (exact) mass is 434 g/mol. The number of nitrogens with one attached hydrogen (secondary N) is 1. The summed E-state index contributed by atoms with van der Waals surface area (Å²) in [6.45, 7) is 2.65. The van der Waals surface area contributed by atoms with E-state index in [9.17, 15) is 19.5 Å². The van der Waals surface area contributed by atoms with E-state index < -0.39 is 23.5 Å². The Morgan fingerprint density at radius 3 is 2.31 bits per heavy atom. The number of ether oxygens (including phenoxy) is 1. The molecule has 7 nitrogen and oxygen atoms in total. The van der Waals surface area contributed by atoms with Crippen LogP contribution in [0.25, 0.3) is 11.1 Å². The highest BCUT2D eigenvalue weighted by atomic mass is 16.5. The number of carbonyl (C=O) groups excluding carboxylic acids is 2. The third-order valence-electron chi connectivity index (χ3n) is 7.23. The number of alkyl carbamates (subject to hydrolysis) is 1. The normalized spacial score (nSPS) is 23.7. The number of fused-ring (bicyclic) bond motifs is 4. The quantitative estimate of drug-likeness (QED) is 0.728. The van der Waals surface area contributed by atoms with Gasteiger partial charge in [-0.15, -0.1) is 0 Å². The van der Waals surface area contributed by atoms with Crippen molar-refractivity contribution in [3.8, 4) is 11.1 Å². The van der Waals surface area contributed by atoms with E-state index in [2.05, 4.69) is 29.6 Å². The van der Waals surface area contributed by atoms with E-state index in [4.69, 9.17) is 4.74 Å². The average molecular weight is 434 g/mol. The van der Waals surface area contributed by atoms with Crippen molar-refractivity contribution < 1.29 is 24.2 Å². The van der Waals surface area contributed by atoms with Gasteiger partial charge in [-0.3, -0.25) is 9.59 Å². The number of carbonyl (C=O) groups is 3. The summed E-state index contributed by atoms with van der Waals surface area (Å²) in [6.07, 6.45) is 0.400. The van der Waals surface area contributed by atoms with Gasteiger partial charge >= 0.3 is 12.1 Å². The number of amides is 2. The number of hydrogen-bond donors (Lipinski definition) is 2. The van der Waals surface area contributed by atoms with E-state index in [0.717, 1.165) is 22.3 Å². The molecular weight excluding hydrogens is 408 g/mol. The smallest absolute Gasteiger partial charge is 0.407 e. The molecule has 0 radical (unpaired) electrons. The third kappa shape index (κ3) is 3.23. The number of piperidine rings is 1.